The summed E-state index contributed by atoms with van der Waals surface area (Å²) in [6, 6.07) is 1.98. The molecule has 0 saturated heterocycles. The number of carbonyl (C=O) groups excluding carboxylic acids is 1. The summed E-state index contributed by atoms with van der Waals surface area (Å²) in [5.41, 5.74) is -0.280. The van der Waals surface area contributed by atoms with Gasteiger partial charge in [-0.2, -0.15) is 0 Å². The highest BCUT2D eigenvalue weighted by Gasteiger charge is 2.30. The van der Waals surface area contributed by atoms with Crippen molar-refractivity contribution >= 4 is 34.0 Å². The number of aromatic nitrogens is 1. The van der Waals surface area contributed by atoms with Crippen LogP contribution < -0.4 is 5.32 Å². The first-order chi connectivity index (χ1) is 11.5. The second-order valence-corrected chi connectivity index (χ2v) is 7.40. The number of carboxylic acids is 2. The molecule has 1 rings (SSSR count). The fourth-order valence-corrected chi connectivity index (χ4v) is 2.24. The van der Waals surface area contributed by atoms with Crippen molar-refractivity contribution in [3.05, 3.63) is 28.5 Å². The van der Waals surface area contributed by atoms with Crippen molar-refractivity contribution in [3.8, 4) is 0 Å². The Bertz CT molecular complexity index is 627. The first-order valence-corrected chi connectivity index (χ1v) is 8.33. The van der Waals surface area contributed by atoms with Gasteiger partial charge in [-0.05, 0) is 55.3 Å². The summed E-state index contributed by atoms with van der Waals surface area (Å²) < 4.78 is 5.76. The lowest BCUT2D eigenvalue weighted by Gasteiger charge is -2.23. The zero-order chi connectivity index (χ0) is 19.2. The number of nitrogens with zero attached hydrogens (tertiary/aromatic N) is 1. The Morgan fingerprint density at radius 2 is 1.88 bits per heavy atom. The number of pyridine rings is 1. The number of halogens is 1. The quantitative estimate of drug-likeness (QED) is 0.622. The zero-order valence-corrected chi connectivity index (χ0v) is 15.7. The molecule has 0 saturated carbocycles. The van der Waals surface area contributed by atoms with E-state index in [1.165, 1.54) is 6.20 Å². The Balaban J connectivity index is 2.80. The van der Waals surface area contributed by atoms with Crippen molar-refractivity contribution in [1.82, 2.24) is 10.3 Å². The van der Waals surface area contributed by atoms with Gasteiger partial charge in [0.2, 0.25) is 0 Å². The molecule has 25 heavy (non-hydrogen) atoms. The molecule has 0 bridgehead atoms. The maximum atomic E-state index is 11.8. The summed E-state index contributed by atoms with van der Waals surface area (Å²) in [5.74, 6) is -3.52. The topological polar surface area (TPSA) is 126 Å². The van der Waals surface area contributed by atoms with E-state index in [1.807, 2.05) is 0 Å². The maximum Gasteiger partial charge on any atom is 0.408 e. The van der Waals surface area contributed by atoms with E-state index < -0.39 is 35.6 Å². The highest BCUT2D eigenvalue weighted by atomic mass is 79.9. The lowest BCUT2D eigenvalue weighted by atomic mass is 9.94. The number of carbonyl (C=O) groups is 3. The normalized spacial score (nSPS) is 13.6. The smallest absolute Gasteiger partial charge is 0.408 e. The van der Waals surface area contributed by atoms with Crippen LogP contribution in [0.2, 0.25) is 0 Å². The van der Waals surface area contributed by atoms with Crippen LogP contribution in [0.3, 0.4) is 0 Å². The summed E-state index contributed by atoms with van der Waals surface area (Å²) in [5, 5.41) is 20.8. The van der Waals surface area contributed by atoms with E-state index in [4.69, 9.17) is 4.74 Å². The zero-order valence-electron chi connectivity index (χ0n) is 14.2. The molecule has 3 N–H and O–H groups in total. The summed E-state index contributed by atoms with van der Waals surface area (Å²) in [4.78, 5) is 38.7. The van der Waals surface area contributed by atoms with Crippen molar-refractivity contribution in [2.24, 2.45) is 5.92 Å². The fourth-order valence-electron chi connectivity index (χ4n) is 2.01. The number of carboxylic acid groups (broad SMARTS) is 2. The van der Waals surface area contributed by atoms with E-state index in [1.54, 1.807) is 32.9 Å². The monoisotopic (exact) mass is 416 g/mol. The van der Waals surface area contributed by atoms with Gasteiger partial charge in [-0.3, -0.25) is 9.78 Å². The minimum Gasteiger partial charge on any atom is -0.481 e. The van der Waals surface area contributed by atoms with E-state index in [0.717, 1.165) is 4.47 Å². The molecule has 0 aromatic carbocycles. The minimum atomic E-state index is -1.38. The van der Waals surface area contributed by atoms with Crippen LogP contribution in [0.1, 0.15) is 32.9 Å². The van der Waals surface area contributed by atoms with Crippen molar-refractivity contribution in [2.75, 3.05) is 0 Å². The predicted molar refractivity (Wildman–Crippen MR) is 92.2 cm³/mol. The summed E-state index contributed by atoms with van der Waals surface area (Å²) in [6.45, 7) is 4.92. The Hall–Kier alpha value is -2.16. The number of rotatable bonds is 7. The molecule has 0 spiro atoms. The third kappa shape index (κ3) is 7.97. The van der Waals surface area contributed by atoms with Crippen LogP contribution >= 0.6 is 15.9 Å². The second-order valence-electron chi connectivity index (χ2n) is 6.48. The van der Waals surface area contributed by atoms with Gasteiger partial charge in [0.05, 0.1) is 5.92 Å². The number of aliphatic carboxylic acids is 2. The second kappa shape index (κ2) is 8.80. The van der Waals surface area contributed by atoms with Gasteiger partial charge in [-0.25, -0.2) is 9.59 Å². The lowest BCUT2D eigenvalue weighted by molar-refractivity contribution is -0.144. The molecule has 0 aliphatic heterocycles. The van der Waals surface area contributed by atoms with Gasteiger partial charge in [-0.15, -0.1) is 0 Å². The molecule has 0 aliphatic carbocycles. The average molecular weight is 417 g/mol. The first-order valence-electron chi connectivity index (χ1n) is 7.53. The van der Waals surface area contributed by atoms with Crippen molar-refractivity contribution in [3.63, 3.8) is 0 Å². The largest absolute Gasteiger partial charge is 0.481 e. The summed E-state index contributed by atoms with van der Waals surface area (Å²) in [6.07, 6.45) is 0.372. The number of alkyl carbamates (subject to hydrolysis) is 1. The highest BCUT2D eigenvalue weighted by Crippen LogP contribution is 2.16. The average Bonchev–Trinajstić information content (AvgIpc) is 2.45. The van der Waals surface area contributed by atoms with Crippen LogP contribution in [0.15, 0.2) is 22.8 Å². The van der Waals surface area contributed by atoms with Gasteiger partial charge in [0.1, 0.15) is 11.6 Å². The molecule has 1 aromatic rings. The highest BCUT2D eigenvalue weighted by molar-refractivity contribution is 9.10. The van der Waals surface area contributed by atoms with Crippen LogP contribution in [0.4, 0.5) is 4.79 Å². The Kier molecular flexibility index (Phi) is 7.35. The molecule has 138 valence electrons. The number of hydrogen-bond donors (Lipinski definition) is 3. The molecule has 0 fully saturated rings. The van der Waals surface area contributed by atoms with Crippen molar-refractivity contribution in [2.45, 2.75) is 45.3 Å². The molecule has 1 amide bonds. The molecule has 0 radical (unpaired) electrons. The standard InChI is InChI=1S/C16H21BrN2O6/c1-16(2,3)25-15(24)19-12(14(22)23)7-9(13(20)21)6-11-5-4-10(17)8-18-11/h4-5,8-9,12H,6-7H2,1-3H3,(H,19,24)(H,20,21)(H,22,23)/t9-,12+/m0/s1. The lowest BCUT2D eigenvalue weighted by Crippen LogP contribution is -2.45. The van der Waals surface area contributed by atoms with Crippen molar-refractivity contribution < 1.29 is 29.3 Å². The van der Waals surface area contributed by atoms with Crippen LogP contribution in [-0.2, 0) is 20.7 Å². The van der Waals surface area contributed by atoms with E-state index in [9.17, 15) is 24.6 Å². The summed E-state index contributed by atoms with van der Waals surface area (Å²) >= 11 is 3.23. The molecular formula is C16H21BrN2O6. The number of nitrogens with one attached hydrogen (secondary N) is 1. The minimum absolute atomic E-state index is 0.0440. The van der Waals surface area contributed by atoms with E-state index in [0.29, 0.717) is 5.69 Å². The fraction of sp³-hybridized carbons (Fsp3) is 0.500. The Morgan fingerprint density at radius 3 is 2.32 bits per heavy atom. The van der Waals surface area contributed by atoms with Crippen LogP contribution in [-0.4, -0.2) is 44.9 Å². The third-order valence-electron chi connectivity index (χ3n) is 3.10. The molecule has 9 heteroatoms. The van der Waals surface area contributed by atoms with E-state index in [-0.39, 0.29) is 12.8 Å². The SMILES string of the molecule is CC(C)(C)OC(=O)N[C@H](C[C@H](Cc1ccc(Br)cn1)C(=O)O)C(=O)O. The number of ether oxygens (including phenoxy) is 1. The van der Waals surface area contributed by atoms with Gasteiger partial charge in [0, 0.05) is 22.8 Å². The van der Waals surface area contributed by atoms with Gasteiger partial charge in [0.15, 0.2) is 0 Å². The van der Waals surface area contributed by atoms with E-state index in [2.05, 4.69) is 26.2 Å². The van der Waals surface area contributed by atoms with Crippen LogP contribution in [0, 0.1) is 5.92 Å². The Morgan fingerprint density at radius 1 is 1.24 bits per heavy atom. The van der Waals surface area contributed by atoms with Crippen LogP contribution in [0.25, 0.3) is 0 Å². The van der Waals surface area contributed by atoms with Gasteiger partial charge < -0.3 is 20.3 Å². The molecule has 2 atom stereocenters. The van der Waals surface area contributed by atoms with Gasteiger partial charge >= 0.3 is 18.0 Å². The van der Waals surface area contributed by atoms with Crippen LogP contribution in [0.5, 0.6) is 0 Å². The molecule has 1 heterocycles. The van der Waals surface area contributed by atoms with Gasteiger partial charge in [-0.1, -0.05) is 0 Å². The number of hydrogen-bond acceptors (Lipinski definition) is 5. The van der Waals surface area contributed by atoms with Gasteiger partial charge in [0.25, 0.3) is 0 Å². The van der Waals surface area contributed by atoms with Crippen molar-refractivity contribution in [1.29, 1.82) is 0 Å². The third-order valence-corrected chi connectivity index (χ3v) is 3.57. The summed E-state index contributed by atoms with van der Waals surface area (Å²) in [7, 11) is 0. The molecule has 0 aliphatic rings. The predicted octanol–water partition coefficient (Wildman–Crippen LogP) is 2.46. The molecular weight excluding hydrogens is 396 g/mol. The molecule has 0 unspecified atom stereocenters. The molecule has 8 nitrogen and oxygen atoms in total. The number of amides is 1. The maximum absolute atomic E-state index is 11.8. The first kappa shape index (κ1) is 20.9. The van der Waals surface area contributed by atoms with E-state index >= 15 is 0 Å². The Labute approximate surface area is 153 Å². The molecule has 1 aromatic heterocycles.